The molecule has 0 fully saturated rings. The van der Waals surface area contributed by atoms with E-state index in [0.29, 0.717) is 16.8 Å². The van der Waals surface area contributed by atoms with Crippen LogP contribution < -0.4 is 5.32 Å². The highest BCUT2D eigenvalue weighted by atomic mass is 16.6. The number of benzene rings is 2. The van der Waals surface area contributed by atoms with Gasteiger partial charge in [0.1, 0.15) is 0 Å². The van der Waals surface area contributed by atoms with Crippen molar-refractivity contribution in [3.63, 3.8) is 0 Å². The van der Waals surface area contributed by atoms with Crippen LogP contribution in [0.25, 0.3) is 0 Å². The number of hydrogen-bond acceptors (Lipinski definition) is 3. The Bertz CT molecular complexity index is 774. The van der Waals surface area contributed by atoms with Gasteiger partial charge in [-0.1, -0.05) is 37.0 Å². The zero-order valence-electron chi connectivity index (χ0n) is 12.7. The topological polar surface area (TPSA) is 72.2 Å². The van der Waals surface area contributed by atoms with Gasteiger partial charge in [-0.2, -0.15) is 0 Å². The lowest BCUT2D eigenvalue weighted by Crippen LogP contribution is -2.13. The molecule has 0 aliphatic heterocycles. The Hall–Kier alpha value is -3.13. The Balaban J connectivity index is 2.34. The fraction of sp³-hybridized carbons (Fsp3) is 0.167. The predicted octanol–water partition coefficient (Wildman–Crippen LogP) is 4.00. The molecule has 23 heavy (non-hydrogen) atoms. The van der Waals surface area contributed by atoms with Gasteiger partial charge in [0.25, 0.3) is 11.6 Å². The quantitative estimate of drug-likeness (QED) is 0.527. The summed E-state index contributed by atoms with van der Waals surface area (Å²) >= 11 is 0. The highest BCUT2D eigenvalue weighted by molar-refractivity contribution is 6.05. The molecule has 5 nitrogen and oxygen atoms in total. The molecule has 2 aromatic rings. The van der Waals surface area contributed by atoms with E-state index < -0.39 is 4.92 Å². The van der Waals surface area contributed by atoms with E-state index in [4.69, 9.17) is 0 Å². The van der Waals surface area contributed by atoms with Crippen LogP contribution in [0.2, 0.25) is 0 Å². The van der Waals surface area contributed by atoms with Crippen LogP contribution in [0, 0.1) is 22.0 Å². The first-order valence-electron chi connectivity index (χ1n) is 7.25. The van der Waals surface area contributed by atoms with Crippen LogP contribution in [0.15, 0.2) is 48.5 Å². The van der Waals surface area contributed by atoms with E-state index in [1.165, 1.54) is 12.1 Å². The second-order valence-electron chi connectivity index (χ2n) is 4.86. The number of nitrogens with one attached hydrogen (secondary N) is 1. The first-order chi connectivity index (χ1) is 11.1. The minimum Gasteiger partial charge on any atom is -0.321 e. The van der Waals surface area contributed by atoms with Gasteiger partial charge in [0.2, 0.25) is 0 Å². The van der Waals surface area contributed by atoms with E-state index in [1.54, 1.807) is 30.3 Å². The van der Waals surface area contributed by atoms with Gasteiger partial charge in [0.05, 0.1) is 10.6 Å². The molecule has 0 radical (unpaired) electrons. The lowest BCUT2D eigenvalue weighted by atomic mass is 10.1. The third kappa shape index (κ3) is 4.42. The lowest BCUT2D eigenvalue weighted by Gasteiger charge is -2.07. The molecule has 0 saturated carbocycles. The summed E-state index contributed by atoms with van der Waals surface area (Å²) in [6.45, 7) is 2.02. The molecule has 0 aromatic heterocycles. The minimum atomic E-state index is -0.499. The molecular formula is C18H16N2O3. The number of hydrogen-bond donors (Lipinski definition) is 1. The third-order valence-electron chi connectivity index (χ3n) is 3.10. The Morgan fingerprint density at radius 2 is 1.96 bits per heavy atom. The van der Waals surface area contributed by atoms with E-state index in [0.717, 1.165) is 12.8 Å². The van der Waals surface area contributed by atoms with Crippen molar-refractivity contribution in [2.75, 3.05) is 5.32 Å². The van der Waals surface area contributed by atoms with Crippen molar-refractivity contribution in [3.05, 3.63) is 69.8 Å². The third-order valence-corrected chi connectivity index (χ3v) is 3.10. The minimum absolute atomic E-state index is 0.0885. The standard InChI is InChI=1S/C18H16N2O3/c1-2-3-5-8-14-11-12-16(20(22)23)13-17(14)19-18(21)15-9-6-4-7-10-15/h4,6-7,9-13H,2-3H2,1H3,(H,19,21). The summed E-state index contributed by atoms with van der Waals surface area (Å²) in [5.41, 5.74) is 1.30. The molecule has 1 N–H and O–H groups in total. The van der Waals surface area contributed by atoms with Gasteiger partial charge in [-0.15, -0.1) is 0 Å². The monoisotopic (exact) mass is 308 g/mol. The van der Waals surface area contributed by atoms with Gasteiger partial charge in [-0.3, -0.25) is 14.9 Å². The SMILES string of the molecule is CCCC#Cc1ccc([N+](=O)[O-])cc1NC(=O)c1ccccc1. The smallest absolute Gasteiger partial charge is 0.271 e. The van der Waals surface area contributed by atoms with Crippen LogP contribution in [-0.2, 0) is 0 Å². The zero-order chi connectivity index (χ0) is 16.7. The summed E-state index contributed by atoms with van der Waals surface area (Å²) in [6, 6.07) is 12.9. The maximum atomic E-state index is 12.2. The van der Waals surface area contributed by atoms with E-state index in [1.807, 2.05) is 13.0 Å². The van der Waals surface area contributed by atoms with Gasteiger partial charge >= 0.3 is 0 Å². The van der Waals surface area contributed by atoms with Crippen molar-refractivity contribution in [1.29, 1.82) is 0 Å². The number of rotatable bonds is 4. The number of unbranched alkanes of at least 4 members (excludes halogenated alkanes) is 1. The molecule has 1 amide bonds. The van der Waals surface area contributed by atoms with Gasteiger partial charge in [0.15, 0.2) is 0 Å². The number of anilines is 1. The molecule has 0 spiro atoms. The molecule has 5 heteroatoms. The number of nitrogens with zero attached hydrogens (tertiary/aromatic N) is 1. The second kappa shape index (κ2) is 7.76. The van der Waals surface area contributed by atoms with E-state index >= 15 is 0 Å². The van der Waals surface area contributed by atoms with Gasteiger partial charge in [0, 0.05) is 29.7 Å². The lowest BCUT2D eigenvalue weighted by molar-refractivity contribution is -0.384. The Morgan fingerprint density at radius 3 is 2.61 bits per heavy atom. The number of carbonyl (C=O) groups is 1. The zero-order valence-corrected chi connectivity index (χ0v) is 12.7. The van der Waals surface area contributed by atoms with Crippen LogP contribution in [0.5, 0.6) is 0 Å². The normalized spacial score (nSPS) is 9.61. The van der Waals surface area contributed by atoms with E-state index in [-0.39, 0.29) is 11.6 Å². The number of nitro groups is 1. The van der Waals surface area contributed by atoms with Gasteiger partial charge in [-0.05, 0) is 24.6 Å². The first-order valence-corrected chi connectivity index (χ1v) is 7.25. The summed E-state index contributed by atoms with van der Waals surface area (Å²) in [7, 11) is 0. The molecular weight excluding hydrogens is 292 g/mol. The van der Waals surface area contributed by atoms with Crippen molar-refractivity contribution in [3.8, 4) is 11.8 Å². The molecule has 0 saturated heterocycles. The number of carbonyl (C=O) groups excluding carboxylic acids is 1. The number of nitro benzene ring substituents is 1. The van der Waals surface area contributed by atoms with Crippen molar-refractivity contribution < 1.29 is 9.72 Å². The first kappa shape index (κ1) is 16.2. The van der Waals surface area contributed by atoms with Crippen LogP contribution in [0.3, 0.4) is 0 Å². The molecule has 0 aliphatic carbocycles. The summed E-state index contributed by atoms with van der Waals surface area (Å²) in [5.74, 6) is 5.60. The summed E-state index contributed by atoms with van der Waals surface area (Å²) < 4.78 is 0. The van der Waals surface area contributed by atoms with Crippen molar-refractivity contribution in [2.45, 2.75) is 19.8 Å². The second-order valence-corrected chi connectivity index (χ2v) is 4.86. The predicted molar refractivity (Wildman–Crippen MR) is 89.3 cm³/mol. The van der Waals surface area contributed by atoms with Crippen molar-refractivity contribution in [1.82, 2.24) is 0 Å². The molecule has 0 unspecified atom stereocenters. The van der Waals surface area contributed by atoms with Gasteiger partial charge in [-0.25, -0.2) is 0 Å². The average Bonchev–Trinajstić information content (AvgIpc) is 2.57. The maximum Gasteiger partial charge on any atom is 0.271 e. The summed E-state index contributed by atoms with van der Waals surface area (Å²) in [6.07, 6.45) is 1.65. The molecule has 116 valence electrons. The van der Waals surface area contributed by atoms with Crippen LogP contribution >= 0.6 is 0 Å². The molecule has 2 aromatic carbocycles. The van der Waals surface area contributed by atoms with Crippen LogP contribution in [-0.4, -0.2) is 10.8 Å². The van der Waals surface area contributed by atoms with Crippen LogP contribution in [0.1, 0.15) is 35.7 Å². The fourth-order valence-electron chi connectivity index (χ4n) is 1.92. The summed E-state index contributed by atoms with van der Waals surface area (Å²) in [4.78, 5) is 22.7. The van der Waals surface area contributed by atoms with E-state index in [2.05, 4.69) is 17.2 Å². The molecule has 2 rings (SSSR count). The number of non-ortho nitro benzene ring substituents is 1. The Morgan fingerprint density at radius 1 is 1.22 bits per heavy atom. The molecule has 0 atom stereocenters. The molecule has 0 aliphatic rings. The molecule has 0 bridgehead atoms. The van der Waals surface area contributed by atoms with E-state index in [9.17, 15) is 14.9 Å². The maximum absolute atomic E-state index is 12.2. The average molecular weight is 308 g/mol. The van der Waals surface area contributed by atoms with Crippen LogP contribution in [0.4, 0.5) is 11.4 Å². The summed E-state index contributed by atoms with van der Waals surface area (Å²) in [5, 5.41) is 13.6. The Labute approximate surface area is 134 Å². The highest BCUT2D eigenvalue weighted by Gasteiger charge is 2.13. The Kier molecular flexibility index (Phi) is 5.48. The molecule has 0 heterocycles. The van der Waals surface area contributed by atoms with Gasteiger partial charge < -0.3 is 5.32 Å². The van der Waals surface area contributed by atoms with Crippen molar-refractivity contribution in [2.24, 2.45) is 0 Å². The number of amides is 1. The fourth-order valence-corrected chi connectivity index (χ4v) is 1.92. The van der Waals surface area contributed by atoms with Crippen molar-refractivity contribution >= 4 is 17.3 Å². The largest absolute Gasteiger partial charge is 0.321 e. The highest BCUT2D eigenvalue weighted by Crippen LogP contribution is 2.22.